The lowest BCUT2D eigenvalue weighted by Gasteiger charge is -2.33. The molecule has 0 saturated heterocycles. The van der Waals surface area contributed by atoms with Gasteiger partial charge in [0.2, 0.25) is 5.91 Å². The first kappa shape index (κ1) is 22.3. The molecule has 3 rings (SSSR count). The van der Waals surface area contributed by atoms with Gasteiger partial charge < -0.3 is 21.3 Å². The number of anilines is 2. The van der Waals surface area contributed by atoms with E-state index in [0.29, 0.717) is 36.3 Å². The third-order valence-electron chi connectivity index (χ3n) is 5.33. The van der Waals surface area contributed by atoms with Crippen LogP contribution in [0, 0.1) is 5.82 Å². The molecule has 4 N–H and O–H groups in total. The van der Waals surface area contributed by atoms with Crippen molar-refractivity contribution in [3.63, 3.8) is 0 Å². The zero-order valence-corrected chi connectivity index (χ0v) is 17.5. The van der Waals surface area contributed by atoms with Gasteiger partial charge in [0.15, 0.2) is 0 Å². The van der Waals surface area contributed by atoms with Gasteiger partial charge in [0.25, 0.3) is 5.91 Å². The van der Waals surface area contributed by atoms with Crippen LogP contribution in [0.15, 0.2) is 42.5 Å². The van der Waals surface area contributed by atoms with E-state index in [1.165, 1.54) is 24.3 Å². The highest BCUT2D eigenvalue weighted by Crippen LogP contribution is 2.33. The molecular formula is C23H27FN4O3. The molecule has 0 aromatic heterocycles. The third-order valence-corrected chi connectivity index (χ3v) is 5.33. The zero-order chi connectivity index (χ0) is 22.4. The van der Waals surface area contributed by atoms with Gasteiger partial charge in [-0.1, -0.05) is 25.8 Å². The van der Waals surface area contributed by atoms with Crippen molar-refractivity contribution in [1.29, 1.82) is 0 Å². The minimum Gasteiger partial charge on any atom is -0.352 e. The summed E-state index contributed by atoms with van der Waals surface area (Å²) in [5.74, 6) is -0.978. The number of rotatable bonds is 7. The Morgan fingerprint density at radius 2 is 1.90 bits per heavy atom. The summed E-state index contributed by atoms with van der Waals surface area (Å²) in [6, 6.07) is 9.27. The second-order valence-electron chi connectivity index (χ2n) is 7.56. The smallest absolute Gasteiger partial charge is 0.312 e. The van der Waals surface area contributed by atoms with Crippen molar-refractivity contribution >= 4 is 29.2 Å². The van der Waals surface area contributed by atoms with Gasteiger partial charge in [0.1, 0.15) is 11.9 Å². The average Bonchev–Trinajstić information content (AvgIpc) is 2.76. The summed E-state index contributed by atoms with van der Waals surface area (Å²) >= 11 is 0. The number of hydrogen-bond donors (Lipinski definition) is 3. The van der Waals surface area contributed by atoms with Crippen LogP contribution in [0.1, 0.15) is 48.5 Å². The summed E-state index contributed by atoms with van der Waals surface area (Å²) in [5, 5.41) is 5.43. The number of nitrogens with two attached hydrogens (primary N) is 1. The number of urea groups is 1. The van der Waals surface area contributed by atoms with E-state index in [2.05, 4.69) is 10.6 Å². The van der Waals surface area contributed by atoms with Crippen molar-refractivity contribution in [3.05, 3.63) is 59.4 Å². The quantitative estimate of drug-likeness (QED) is 0.630. The molecule has 1 atom stereocenters. The van der Waals surface area contributed by atoms with Crippen LogP contribution in [0.5, 0.6) is 0 Å². The van der Waals surface area contributed by atoms with Crippen molar-refractivity contribution < 1.29 is 18.8 Å². The Morgan fingerprint density at radius 3 is 2.58 bits per heavy atom. The van der Waals surface area contributed by atoms with Crippen molar-refractivity contribution in [1.82, 2.24) is 5.32 Å². The zero-order valence-electron chi connectivity index (χ0n) is 17.5. The van der Waals surface area contributed by atoms with Crippen LogP contribution in [-0.2, 0) is 11.2 Å². The Kier molecular flexibility index (Phi) is 7.23. The normalized spacial score (nSPS) is 13.8. The number of nitrogens with zero attached hydrogens (tertiary/aromatic N) is 1. The molecule has 0 spiro atoms. The lowest BCUT2D eigenvalue weighted by Crippen LogP contribution is -2.51. The maximum Gasteiger partial charge on any atom is 0.312 e. The first-order valence-corrected chi connectivity index (χ1v) is 10.5. The molecule has 0 saturated carbocycles. The fourth-order valence-electron chi connectivity index (χ4n) is 3.79. The minimum atomic E-state index is -0.730. The van der Waals surface area contributed by atoms with Crippen molar-refractivity contribution in [2.75, 3.05) is 16.8 Å². The molecule has 0 fully saturated rings. The van der Waals surface area contributed by atoms with Crippen LogP contribution in [-0.4, -0.2) is 30.4 Å². The fraction of sp³-hybridized carbons (Fsp3) is 0.348. The van der Waals surface area contributed by atoms with Gasteiger partial charge in [0, 0.05) is 23.5 Å². The van der Waals surface area contributed by atoms with E-state index in [0.717, 1.165) is 24.8 Å². The molecule has 2 aromatic carbocycles. The number of carbonyl (C=O) groups excluding carboxylic acids is 3. The second-order valence-corrected chi connectivity index (χ2v) is 7.56. The van der Waals surface area contributed by atoms with Crippen LogP contribution >= 0.6 is 0 Å². The molecule has 0 bridgehead atoms. The molecular weight excluding hydrogens is 399 g/mol. The van der Waals surface area contributed by atoms with E-state index in [1.807, 2.05) is 13.0 Å². The van der Waals surface area contributed by atoms with Crippen LogP contribution < -0.4 is 21.3 Å². The van der Waals surface area contributed by atoms with E-state index in [9.17, 15) is 18.8 Å². The molecule has 0 aliphatic carbocycles. The van der Waals surface area contributed by atoms with Crippen LogP contribution in [0.25, 0.3) is 0 Å². The molecule has 1 aliphatic heterocycles. The summed E-state index contributed by atoms with van der Waals surface area (Å²) < 4.78 is 13.1. The van der Waals surface area contributed by atoms with Gasteiger partial charge in [-0.3, -0.25) is 9.59 Å². The lowest BCUT2D eigenvalue weighted by atomic mass is 9.97. The summed E-state index contributed by atoms with van der Waals surface area (Å²) in [5.41, 5.74) is 7.79. The molecule has 8 heteroatoms. The van der Waals surface area contributed by atoms with E-state index in [1.54, 1.807) is 17.0 Å². The predicted molar refractivity (Wildman–Crippen MR) is 118 cm³/mol. The monoisotopic (exact) mass is 426 g/mol. The molecule has 1 aliphatic rings. The Morgan fingerprint density at radius 1 is 1.16 bits per heavy atom. The Labute approximate surface area is 180 Å². The maximum atomic E-state index is 13.2. The topological polar surface area (TPSA) is 105 Å². The Bertz CT molecular complexity index is 962. The van der Waals surface area contributed by atoms with Crippen LogP contribution in [0.2, 0.25) is 0 Å². The number of unbranched alkanes of at least 4 members (excludes halogenated alkanes) is 1. The SMILES string of the molecule is CCCCC(NC(N)=O)C(=O)N1CCCc2c(NC(=O)c3ccc(F)cc3)cccc21. The summed E-state index contributed by atoms with van der Waals surface area (Å²) in [6.07, 6.45) is 3.59. The van der Waals surface area contributed by atoms with Crippen molar-refractivity contribution in [2.24, 2.45) is 5.73 Å². The van der Waals surface area contributed by atoms with Gasteiger partial charge in [-0.2, -0.15) is 0 Å². The standard InChI is InChI=1S/C23H27FN4O3/c1-2-3-7-19(27-23(25)31)22(30)28-14-5-6-17-18(8-4-9-20(17)28)26-21(29)15-10-12-16(24)13-11-15/h4,8-13,19H,2-3,5-7,14H2,1H3,(H,26,29)(H3,25,27,31). The highest BCUT2D eigenvalue weighted by molar-refractivity contribution is 6.06. The van der Waals surface area contributed by atoms with Gasteiger partial charge in [0.05, 0.1) is 0 Å². The highest BCUT2D eigenvalue weighted by atomic mass is 19.1. The second kappa shape index (κ2) is 10.1. The summed E-state index contributed by atoms with van der Waals surface area (Å²) in [7, 11) is 0. The number of hydrogen-bond acceptors (Lipinski definition) is 3. The van der Waals surface area contributed by atoms with Crippen molar-refractivity contribution in [2.45, 2.75) is 45.1 Å². The predicted octanol–water partition coefficient (Wildman–Crippen LogP) is 3.58. The van der Waals surface area contributed by atoms with Crippen molar-refractivity contribution in [3.8, 4) is 0 Å². The molecule has 1 heterocycles. The third kappa shape index (κ3) is 5.39. The first-order valence-electron chi connectivity index (χ1n) is 10.5. The fourth-order valence-corrected chi connectivity index (χ4v) is 3.79. The minimum absolute atomic E-state index is 0.213. The lowest BCUT2D eigenvalue weighted by molar-refractivity contribution is -0.120. The van der Waals surface area contributed by atoms with Crippen LogP contribution in [0.4, 0.5) is 20.6 Å². The molecule has 0 radical (unpaired) electrons. The number of halogens is 1. The number of benzene rings is 2. The number of fused-ring (bicyclic) bond motifs is 1. The van der Waals surface area contributed by atoms with E-state index in [-0.39, 0.29) is 11.8 Å². The molecule has 31 heavy (non-hydrogen) atoms. The maximum absolute atomic E-state index is 13.2. The Hall–Kier alpha value is -3.42. The van der Waals surface area contributed by atoms with E-state index in [4.69, 9.17) is 5.73 Å². The summed E-state index contributed by atoms with van der Waals surface area (Å²) in [4.78, 5) is 38.9. The summed E-state index contributed by atoms with van der Waals surface area (Å²) in [6.45, 7) is 2.53. The van der Waals surface area contributed by atoms with Gasteiger partial charge in [-0.25, -0.2) is 9.18 Å². The average molecular weight is 426 g/mol. The molecule has 4 amide bonds. The first-order chi connectivity index (χ1) is 14.9. The van der Waals surface area contributed by atoms with Gasteiger partial charge in [-0.15, -0.1) is 0 Å². The van der Waals surface area contributed by atoms with Gasteiger partial charge in [-0.05, 0) is 61.2 Å². The Balaban J connectivity index is 1.84. The molecule has 1 unspecified atom stereocenters. The van der Waals surface area contributed by atoms with E-state index < -0.39 is 17.9 Å². The molecule has 7 nitrogen and oxygen atoms in total. The van der Waals surface area contributed by atoms with E-state index >= 15 is 0 Å². The van der Waals surface area contributed by atoms with Crippen LogP contribution in [0.3, 0.4) is 0 Å². The largest absolute Gasteiger partial charge is 0.352 e. The number of carbonyl (C=O) groups is 3. The molecule has 164 valence electrons. The number of amides is 4. The number of primary amides is 1. The van der Waals surface area contributed by atoms with Gasteiger partial charge >= 0.3 is 6.03 Å². The highest BCUT2D eigenvalue weighted by Gasteiger charge is 2.30. The number of nitrogens with one attached hydrogen (secondary N) is 2. The molecule has 2 aromatic rings.